The molecular formula is C19H20ClNO3. The van der Waals surface area contributed by atoms with Gasteiger partial charge in [0.25, 0.3) is 5.91 Å². The van der Waals surface area contributed by atoms with Gasteiger partial charge in [0.05, 0.1) is 6.42 Å². The third kappa shape index (κ3) is 5.39. The molecule has 126 valence electrons. The number of rotatable bonds is 6. The minimum absolute atomic E-state index is 0.0295. The van der Waals surface area contributed by atoms with Crippen LogP contribution < -0.4 is 5.32 Å². The molecule has 0 aliphatic heterocycles. The molecule has 5 heteroatoms. The first-order valence-electron chi connectivity index (χ1n) is 7.76. The van der Waals surface area contributed by atoms with Crippen LogP contribution in [0.4, 0.5) is 5.69 Å². The number of nitrogens with one attached hydrogen (secondary N) is 1. The van der Waals surface area contributed by atoms with Crippen LogP contribution in [-0.4, -0.2) is 18.0 Å². The van der Waals surface area contributed by atoms with E-state index in [1.165, 1.54) is 0 Å². The maximum atomic E-state index is 12.1. The summed E-state index contributed by atoms with van der Waals surface area (Å²) in [5.74, 6) is -0.764. The first-order chi connectivity index (χ1) is 11.5. The average Bonchev–Trinajstić information content (AvgIpc) is 2.55. The van der Waals surface area contributed by atoms with E-state index in [1.807, 2.05) is 37.3 Å². The SMILES string of the molecule is C[C@H](CC(=O)O[C@H](C)C(=O)Nc1cccc(Cl)c1)c1ccccc1. The zero-order chi connectivity index (χ0) is 17.5. The number of benzene rings is 2. The van der Waals surface area contributed by atoms with E-state index in [4.69, 9.17) is 16.3 Å². The Bertz CT molecular complexity index is 703. The van der Waals surface area contributed by atoms with E-state index in [0.717, 1.165) is 5.56 Å². The summed E-state index contributed by atoms with van der Waals surface area (Å²) in [6.45, 7) is 3.50. The van der Waals surface area contributed by atoms with Crippen LogP contribution in [-0.2, 0) is 14.3 Å². The van der Waals surface area contributed by atoms with E-state index in [2.05, 4.69) is 5.32 Å². The minimum Gasteiger partial charge on any atom is -0.453 e. The van der Waals surface area contributed by atoms with Gasteiger partial charge >= 0.3 is 5.97 Å². The zero-order valence-corrected chi connectivity index (χ0v) is 14.4. The second-order valence-corrected chi connectivity index (χ2v) is 6.08. The molecule has 0 saturated carbocycles. The molecule has 0 spiro atoms. The van der Waals surface area contributed by atoms with Crippen molar-refractivity contribution < 1.29 is 14.3 Å². The third-order valence-corrected chi connectivity index (χ3v) is 3.85. The van der Waals surface area contributed by atoms with E-state index < -0.39 is 18.0 Å². The standard InChI is InChI=1S/C19H20ClNO3/c1-13(15-7-4-3-5-8-15)11-18(22)24-14(2)19(23)21-17-10-6-9-16(20)12-17/h3-10,12-14H,11H2,1-2H3,(H,21,23)/t13-,14-/m1/s1. The Kier molecular flexibility index (Phi) is 6.38. The zero-order valence-electron chi connectivity index (χ0n) is 13.7. The molecule has 0 aromatic heterocycles. The number of carbonyl (C=O) groups is 2. The number of anilines is 1. The highest BCUT2D eigenvalue weighted by atomic mass is 35.5. The third-order valence-electron chi connectivity index (χ3n) is 3.61. The Balaban J connectivity index is 1.85. The Morgan fingerprint density at radius 2 is 1.79 bits per heavy atom. The lowest BCUT2D eigenvalue weighted by molar-refractivity contribution is -0.153. The molecule has 0 radical (unpaired) electrons. The van der Waals surface area contributed by atoms with E-state index >= 15 is 0 Å². The van der Waals surface area contributed by atoms with Gasteiger partial charge in [0, 0.05) is 10.7 Å². The van der Waals surface area contributed by atoms with Gasteiger partial charge in [-0.3, -0.25) is 9.59 Å². The van der Waals surface area contributed by atoms with Crippen LogP contribution in [0.5, 0.6) is 0 Å². The summed E-state index contributed by atoms with van der Waals surface area (Å²) >= 11 is 5.87. The quantitative estimate of drug-likeness (QED) is 0.789. The van der Waals surface area contributed by atoms with Crippen LogP contribution in [0.1, 0.15) is 31.7 Å². The van der Waals surface area contributed by atoms with Gasteiger partial charge in [0.15, 0.2) is 6.10 Å². The van der Waals surface area contributed by atoms with Crippen molar-refractivity contribution in [3.8, 4) is 0 Å². The van der Waals surface area contributed by atoms with Crippen molar-refractivity contribution in [2.75, 3.05) is 5.32 Å². The molecule has 2 aromatic carbocycles. The van der Waals surface area contributed by atoms with E-state index in [0.29, 0.717) is 10.7 Å². The molecule has 0 unspecified atom stereocenters. The van der Waals surface area contributed by atoms with Crippen LogP contribution >= 0.6 is 11.6 Å². The summed E-state index contributed by atoms with van der Waals surface area (Å²) in [5, 5.41) is 3.19. The van der Waals surface area contributed by atoms with Crippen molar-refractivity contribution >= 4 is 29.2 Å². The summed E-state index contributed by atoms with van der Waals surface area (Å²) in [4.78, 5) is 24.1. The molecule has 0 aliphatic carbocycles. The van der Waals surface area contributed by atoms with Crippen LogP contribution in [0, 0.1) is 0 Å². The van der Waals surface area contributed by atoms with Gasteiger partial charge in [0.2, 0.25) is 0 Å². The van der Waals surface area contributed by atoms with Crippen LogP contribution in [0.15, 0.2) is 54.6 Å². The number of hydrogen-bond acceptors (Lipinski definition) is 3. The van der Waals surface area contributed by atoms with Crippen LogP contribution in [0.2, 0.25) is 5.02 Å². The molecule has 2 rings (SSSR count). The molecule has 4 nitrogen and oxygen atoms in total. The monoisotopic (exact) mass is 345 g/mol. The predicted octanol–water partition coefficient (Wildman–Crippen LogP) is 4.40. The molecule has 0 saturated heterocycles. The lowest BCUT2D eigenvalue weighted by atomic mass is 9.98. The van der Waals surface area contributed by atoms with Gasteiger partial charge in [-0.15, -0.1) is 0 Å². The molecule has 0 fully saturated rings. The molecule has 24 heavy (non-hydrogen) atoms. The van der Waals surface area contributed by atoms with Gasteiger partial charge in [-0.1, -0.05) is 54.9 Å². The fourth-order valence-electron chi connectivity index (χ4n) is 2.26. The number of carbonyl (C=O) groups excluding carboxylic acids is 2. The molecule has 2 atom stereocenters. The van der Waals surface area contributed by atoms with Crippen molar-refractivity contribution in [2.45, 2.75) is 32.3 Å². The number of halogens is 1. The number of amides is 1. The Morgan fingerprint density at radius 1 is 1.08 bits per heavy atom. The van der Waals surface area contributed by atoms with Gasteiger partial charge in [-0.2, -0.15) is 0 Å². The normalized spacial score (nSPS) is 13.0. The van der Waals surface area contributed by atoms with Crippen LogP contribution in [0.3, 0.4) is 0 Å². The number of esters is 1. The molecular weight excluding hydrogens is 326 g/mol. The van der Waals surface area contributed by atoms with Gasteiger partial charge in [-0.25, -0.2) is 0 Å². The topological polar surface area (TPSA) is 55.4 Å². The number of hydrogen-bond donors (Lipinski definition) is 1. The first-order valence-corrected chi connectivity index (χ1v) is 8.14. The van der Waals surface area contributed by atoms with Crippen molar-refractivity contribution in [2.24, 2.45) is 0 Å². The van der Waals surface area contributed by atoms with Crippen molar-refractivity contribution in [1.29, 1.82) is 0 Å². The molecule has 1 amide bonds. The molecule has 1 N–H and O–H groups in total. The fraction of sp³-hybridized carbons (Fsp3) is 0.263. The Hall–Kier alpha value is -2.33. The predicted molar refractivity (Wildman–Crippen MR) is 95.1 cm³/mol. The van der Waals surface area contributed by atoms with Crippen molar-refractivity contribution in [1.82, 2.24) is 0 Å². The highest BCUT2D eigenvalue weighted by molar-refractivity contribution is 6.30. The van der Waals surface area contributed by atoms with E-state index in [1.54, 1.807) is 31.2 Å². The molecule has 2 aromatic rings. The molecule has 0 aliphatic rings. The summed E-state index contributed by atoms with van der Waals surface area (Å²) < 4.78 is 5.22. The average molecular weight is 346 g/mol. The summed E-state index contributed by atoms with van der Waals surface area (Å²) in [5.41, 5.74) is 1.62. The smallest absolute Gasteiger partial charge is 0.307 e. The first kappa shape index (κ1) is 18.0. The highest BCUT2D eigenvalue weighted by Gasteiger charge is 2.20. The summed E-state index contributed by atoms with van der Waals surface area (Å²) in [6, 6.07) is 16.5. The Morgan fingerprint density at radius 3 is 2.46 bits per heavy atom. The fourth-order valence-corrected chi connectivity index (χ4v) is 2.45. The Labute approximate surface area is 146 Å². The summed E-state index contributed by atoms with van der Waals surface area (Å²) in [6.07, 6.45) is -0.654. The maximum Gasteiger partial charge on any atom is 0.307 e. The highest BCUT2D eigenvalue weighted by Crippen LogP contribution is 2.19. The maximum absolute atomic E-state index is 12.1. The largest absolute Gasteiger partial charge is 0.453 e. The van der Waals surface area contributed by atoms with E-state index in [-0.39, 0.29) is 12.3 Å². The van der Waals surface area contributed by atoms with Crippen molar-refractivity contribution in [3.05, 3.63) is 65.2 Å². The lowest BCUT2D eigenvalue weighted by Crippen LogP contribution is -2.30. The van der Waals surface area contributed by atoms with Gasteiger partial charge < -0.3 is 10.1 Å². The summed E-state index contributed by atoms with van der Waals surface area (Å²) in [7, 11) is 0. The number of ether oxygens (including phenoxy) is 1. The second kappa shape index (κ2) is 8.50. The lowest BCUT2D eigenvalue weighted by Gasteiger charge is -2.16. The molecule has 0 bridgehead atoms. The minimum atomic E-state index is -0.876. The van der Waals surface area contributed by atoms with Crippen LogP contribution in [0.25, 0.3) is 0 Å². The van der Waals surface area contributed by atoms with Gasteiger partial charge in [-0.05, 0) is 36.6 Å². The van der Waals surface area contributed by atoms with E-state index in [9.17, 15) is 9.59 Å². The van der Waals surface area contributed by atoms with Gasteiger partial charge in [0.1, 0.15) is 0 Å². The van der Waals surface area contributed by atoms with Crippen molar-refractivity contribution in [3.63, 3.8) is 0 Å². The second-order valence-electron chi connectivity index (χ2n) is 5.65. The molecule has 0 heterocycles.